The number of ether oxygens (including phenoxy) is 1. The summed E-state index contributed by atoms with van der Waals surface area (Å²) >= 11 is 0. The van der Waals surface area contributed by atoms with Crippen LogP contribution in [0.2, 0.25) is 0 Å². The first-order chi connectivity index (χ1) is 6.06. The van der Waals surface area contributed by atoms with E-state index in [-0.39, 0.29) is 0 Å². The number of rotatable bonds is 7. The van der Waals surface area contributed by atoms with Crippen LogP contribution in [0, 0.1) is 5.41 Å². The molecule has 2 heteroatoms. The largest absolute Gasteiger partial charge is 0.381 e. The molecule has 0 spiro atoms. The lowest BCUT2D eigenvalue weighted by molar-refractivity contribution is 0.106. The third-order valence-electron chi connectivity index (χ3n) is 1.89. The molecule has 0 saturated carbocycles. The molecular weight excluding hydrogens is 162 g/mol. The zero-order chi connectivity index (χ0) is 10.2. The molecule has 0 aromatic carbocycles. The van der Waals surface area contributed by atoms with Crippen molar-refractivity contribution in [2.24, 2.45) is 5.41 Å². The van der Waals surface area contributed by atoms with Crippen molar-refractivity contribution >= 4 is 0 Å². The van der Waals surface area contributed by atoms with Gasteiger partial charge in [0.15, 0.2) is 0 Å². The smallest absolute Gasteiger partial charge is 0.0478 e. The van der Waals surface area contributed by atoms with E-state index in [9.17, 15) is 0 Å². The van der Waals surface area contributed by atoms with Crippen molar-refractivity contribution in [3.05, 3.63) is 0 Å². The summed E-state index contributed by atoms with van der Waals surface area (Å²) in [4.78, 5) is 0. The van der Waals surface area contributed by atoms with Crippen molar-refractivity contribution in [3.63, 3.8) is 0 Å². The Morgan fingerprint density at radius 3 is 2.38 bits per heavy atom. The molecule has 13 heavy (non-hydrogen) atoms. The molecule has 1 N–H and O–H groups in total. The Balaban J connectivity index is 3.00. The summed E-state index contributed by atoms with van der Waals surface area (Å²) in [5, 5.41) is 3.28. The predicted octanol–water partition coefficient (Wildman–Crippen LogP) is 2.44. The highest BCUT2D eigenvalue weighted by Gasteiger charge is 2.08. The van der Waals surface area contributed by atoms with Gasteiger partial charge in [-0.05, 0) is 31.3 Å². The van der Waals surface area contributed by atoms with Crippen LogP contribution in [-0.2, 0) is 4.74 Å². The Morgan fingerprint density at radius 2 is 1.85 bits per heavy atom. The molecule has 0 radical (unpaired) electrons. The Morgan fingerprint density at radius 1 is 1.15 bits per heavy atom. The molecule has 0 bridgehead atoms. The maximum Gasteiger partial charge on any atom is 0.0478 e. The second-order valence-corrected chi connectivity index (χ2v) is 4.63. The van der Waals surface area contributed by atoms with Crippen LogP contribution in [0.4, 0.5) is 0 Å². The summed E-state index contributed by atoms with van der Waals surface area (Å²) in [6, 6.07) is 0. The molecule has 2 nitrogen and oxygen atoms in total. The van der Waals surface area contributed by atoms with Crippen molar-refractivity contribution in [2.75, 3.05) is 26.3 Å². The quantitative estimate of drug-likeness (QED) is 0.618. The second kappa shape index (κ2) is 7.34. The highest BCUT2D eigenvalue weighted by Crippen LogP contribution is 2.17. The molecule has 0 aromatic rings. The van der Waals surface area contributed by atoms with Gasteiger partial charge in [0.1, 0.15) is 0 Å². The average Bonchev–Trinajstić information content (AvgIpc) is 2.01. The molecule has 0 unspecified atom stereocenters. The van der Waals surface area contributed by atoms with Crippen molar-refractivity contribution in [2.45, 2.75) is 40.5 Å². The maximum atomic E-state index is 5.52. The zero-order valence-electron chi connectivity index (χ0n) is 9.65. The molecule has 80 valence electrons. The van der Waals surface area contributed by atoms with E-state index in [1.807, 2.05) is 0 Å². The summed E-state index contributed by atoms with van der Waals surface area (Å²) < 4.78 is 5.52. The molecular formula is C11H25NO. The lowest BCUT2D eigenvalue weighted by Crippen LogP contribution is -2.16. The molecule has 0 amide bonds. The van der Waals surface area contributed by atoms with Crippen LogP contribution in [0.15, 0.2) is 0 Å². The normalized spacial score (nSPS) is 12.0. The van der Waals surface area contributed by atoms with Crippen molar-refractivity contribution in [1.29, 1.82) is 0 Å². The van der Waals surface area contributed by atoms with Gasteiger partial charge in [-0.2, -0.15) is 0 Å². The van der Waals surface area contributed by atoms with Gasteiger partial charge in [0.25, 0.3) is 0 Å². The van der Waals surface area contributed by atoms with Gasteiger partial charge in [-0.3, -0.25) is 0 Å². The zero-order valence-corrected chi connectivity index (χ0v) is 9.65. The van der Waals surface area contributed by atoms with Gasteiger partial charge in [-0.25, -0.2) is 0 Å². The first-order valence-electron chi connectivity index (χ1n) is 5.35. The first-order valence-corrected chi connectivity index (χ1v) is 5.35. The minimum absolute atomic E-state index is 0.404. The van der Waals surface area contributed by atoms with Crippen molar-refractivity contribution < 1.29 is 4.74 Å². The third kappa shape index (κ3) is 11.9. The van der Waals surface area contributed by atoms with Crippen LogP contribution in [-0.4, -0.2) is 26.3 Å². The Hall–Kier alpha value is -0.0800. The third-order valence-corrected chi connectivity index (χ3v) is 1.89. The van der Waals surface area contributed by atoms with E-state index in [4.69, 9.17) is 4.74 Å². The molecule has 0 atom stereocenters. The van der Waals surface area contributed by atoms with Crippen LogP contribution >= 0.6 is 0 Å². The lowest BCUT2D eigenvalue weighted by Gasteiger charge is -2.17. The highest BCUT2D eigenvalue weighted by molar-refractivity contribution is 4.59. The van der Waals surface area contributed by atoms with Crippen LogP contribution in [0.3, 0.4) is 0 Å². The molecule has 0 aliphatic heterocycles. The summed E-state index contributed by atoms with van der Waals surface area (Å²) in [5.41, 5.74) is 0.404. The van der Waals surface area contributed by atoms with E-state index in [0.29, 0.717) is 5.41 Å². The predicted molar refractivity (Wildman–Crippen MR) is 58.1 cm³/mol. The van der Waals surface area contributed by atoms with Gasteiger partial charge in [0.2, 0.25) is 0 Å². The van der Waals surface area contributed by atoms with Crippen LogP contribution in [0.5, 0.6) is 0 Å². The monoisotopic (exact) mass is 187 g/mol. The number of hydrogen-bond donors (Lipinski definition) is 1. The molecule has 0 heterocycles. The van der Waals surface area contributed by atoms with E-state index >= 15 is 0 Å². The number of nitrogens with one attached hydrogen (secondary N) is 1. The summed E-state index contributed by atoms with van der Waals surface area (Å²) in [6.45, 7) is 12.8. The van der Waals surface area contributed by atoms with Gasteiger partial charge in [0.05, 0.1) is 0 Å². The summed E-state index contributed by atoms with van der Waals surface area (Å²) in [7, 11) is 0. The minimum Gasteiger partial charge on any atom is -0.381 e. The van der Waals surface area contributed by atoms with Gasteiger partial charge in [-0.15, -0.1) is 0 Å². The molecule has 0 fully saturated rings. The molecule has 0 saturated heterocycles. The average molecular weight is 187 g/mol. The van der Waals surface area contributed by atoms with E-state index < -0.39 is 0 Å². The van der Waals surface area contributed by atoms with Crippen LogP contribution in [0.1, 0.15) is 40.5 Å². The van der Waals surface area contributed by atoms with E-state index in [1.165, 1.54) is 0 Å². The Labute approximate surface area is 83.1 Å². The van der Waals surface area contributed by atoms with E-state index in [1.54, 1.807) is 0 Å². The fraction of sp³-hybridized carbons (Fsp3) is 1.00. The topological polar surface area (TPSA) is 21.3 Å². The van der Waals surface area contributed by atoms with Crippen LogP contribution in [0.25, 0.3) is 0 Å². The standard InChI is InChI=1S/C11H25NO/c1-5-12-8-6-9-13-10-7-11(2,3)4/h12H,5-10H2,1-4H3. The summed E-state index contributed by atoms with van der Waals surface area (Å²) in [5.74, 6) is 0. The number of hydrogen-bond acceptors (Lipinski definition) is 2. The lowest BCUT2D eigenvalue weighted by atomic mass is 9.93. The second-order valence-electron chi connectivity index (χ2n) is 4.63. The molecule has 0 aliphatic carbocycles. The van der Waals surface area contributed by atoms with Gasteiger partial charge < -0.3 is 10.1 Å². The molecule has 0 aliphatic rings. The fourth-order valence-electron chi connectivity index (χ4n) is 0.956. The van der Waals surface area contributed by atoms with Gasteiger partial charge in [-0.1, -0.05) is 27.7 Å². The maximum absolute atomic E-state index is 5.52. The minimum atomic E-state index is 0.404. The fourth-order valence-corrected chi connectivity index (χ4v) is 0.956. The SMILES string of the molecule is CCNCCCOCCC(C)(C)C. The molecule has 0 aromatic heterocycles. The molecule has 0 rings (SSSR count). The summed E-state index contributed by atoms with van der Waals surface area (Å²) in [6.07, 6.45) is 2.27. The van der Waals surface area contributed by atoms with Crippen molar-refractivity contribution in [3.8, 4) is 0 Å². The Kier molecular flexibility index (Phi) is 7.29. The van der Waals surface area contributed by atoms with E-state index in [2.05, 4.69) is 33.0 Å². The van der Waals surface area contributed by atoms with Gasteiger partial charge in [0, 0.05) is 13.2 Å². The van der Waals surface area contributed by atoms with E-state index in [0.717, 1.165) is 39.1 Å². The first kappa shape index (κ1) is 12.9. The van der Waals surface area contributed by atoms with Gasteiger partial charge >= 0.3 is 0 Å². The van der Waals surface area contributed by atoms with Crippen molar-refractivity contribution in [1.82, 2.24) is 5.32 Å². The Bertz CT molecular complexity index is 107. The van der Waals surface area contributed by atoms with Crippen LogP contribution < -0.4 is 5.32 Å². The highest BCUT2D eigenvalue weighted by atomic mass is 16.5.